The number of aromatic nitrogens is 1. The SMILES string of the molecule is Cn1c2ccc(C3CCCCC3)cc2c2cc(C3CCCCC3)ccc21. The van der Waals surface area contributed by atoms with E-state index >= 15 is 0 Å². The molecule has 0 atom stereocenters. The number of hydrogen-bond donors (Lipinski definition) is 0. The van der Waals surface area contributed by atoms with Gasteiger partial charge < -0.3 is 4.57 Å². The molecule has 0 saturated heterocycles. The second-order valence-electron chi connectivity index (χ2n) is 8.78. The van der Waals surface area contributed by atoms with Gasteiger partial charge in [-0.15, -0.1) is 0 Å². The Labute approximate surface area is 157 Å². The number of benzene rings is 2. The molecule has 2 saturated carbocycles. The summed E-state index contributed by atoms with van der Waals surface area (Å²) in [6.45, 7) is 0. The number of hydrogen-bond acceptors (Lipinski definition) is 0. The summed E-state index contributed by atoms with van der Waals surface area (Å²) in [6.07, 6.45) is 14.0. The highest BCUT2D eigenvalue weighted by Crippen LogP contribution is 2.39. The Bertz CT molecular complexity index is 845. The lowest BCUT2D eigenvalue weighted by Gasteiger charge is -2.22. The summed E-state index contributed by atoms with van der Waals surface area (Å²) in [7, 11) is 2.23. The molecule has 2 aromatic carbocycles. The average molecular weight is 346 g/mol. The summed E-state index contributed by atoms with van der Waals surface area (Å²) < 4.78 is 2.39. The van der Waals surface area contributed by atoms with Gasteiger partial charge in [0.05, 0.1) is 0 Å². The minimum atomic E-state index is 0.782. The first-order valence-corrected chi connectivity index (χ1v) is 10.8. The Balaban J connectivity index is 1.62. The molecule has 0 unspecified atom stereocenters. The summed E-state index contributed by atoms with van der Waals surface area (Å²) in [5.74, 6) is 1.56. The van der Waals surface area contributed by atoms with E-state index in [1.807, 2.05) is 0 Å². The van der Waals surface area contributed by atoms with E-state index < -0.39 is 0 Å². The first-order valence-electron chi connectivity index (χ1n) is 10.8. The fourth-order valence-electron chi connectivity index (χ4n) is 5.63. The second kappa shape index (κ2) is 6.76. The lowest BCUT2D eigenvalue weighted by Crippen LogP contribution is -2.04. The Hall–Kier alpha value is -1.76. The molecule has 5 rings (SSSR count). The van der Waals surface area contributed by atoms with E-state index in [9.17, 15) is 0 Å². The van der Waals surface area contributed by atoms with Gasteiger partial charge in [-0.3, -0.25) is 0 Å². The van der Waals surface area contributed by atoms with E-state index in [2.05, 4.69) is 48.0 Å². The molecule has 0 bridgehead atoms. The number of rotatable bonds is 2. The van der Waals surface area contributed by atoms with Gasteiger partial charge in [0.1, 0.15) is 0 Å². The second-order valence-corrected chi connectivity index (χ2v) is 8.78. The summed E-state index contributed by atoms with van der Waals surface area (Å²) in [4.78, 5) is 0. The van der Waals surface area contributed by atoms with Gasteiger partial charge in [-0.1, -0.05) is 50.7 Å². The van der Waals surface area contributed by atoms with Crippen molar-refractivity contribution >= 4 is 21.8 Å². The molecule has 26 heavy (non-hydrogen) atoms. The highest BCUT2D eigenvalue weighted by molar-refractivity contribution is 6.08. The van der Waals surface area contributed by atoms with E-state index in [1.54, 1.807) is 11.1 Å². The molecule has 0 amide bonds. The van der Waals surface area contributed by atoms with Crippen LogP contribution in [-0.2, 0) is 7.05 Å². The fraction of sp³-hybridized carbons (Fsp3) is 0.520. The van der Waals surface area contributed by atoms with Gasteiger partial charge in [-0.25, -0.2) is 0 Å². The van der Waals surface area contributed by atoms with Crippen LogP contribution in [0.15, 0.2) is 36.4 Å². The third-order valence-electron chi connectivity index (χ3n) is 7.21. The highest BCUT2D eigenvalue weighted by Gasteiger charge is 2.19. The first-order chi connectivity index (χ1) is 12.8. The van der Waals surface area contributed by atoms with Crippen molar-refractivity contribution in [3.05, 3.63) is 47.5 Å². The fourth-order valence-corrected chi connectivity index (χ4v) is 5.63. The molecular weight excluding hydrogens is 314 g/mol. The largest absolute Gasteiger partial charge is 0.344 e. The molecule has 0 N–H and O–H groups in total. The lowest BCUT2D eigenvalue weighted by atomic mass is 9.83. The van der Waals surface area contributed by atoms with Crippen molar-refractivity contribution in [3.8, 4) is 0 Å². The lowest BCUT2D eigenvalue weighted by molar-refractivity contribution is 0.444. The molecular formula is C25H31N. The maximum atomic E-state index is 2.53. The predicted octanol–water partition coefficient (Wildman–Crippen LogP) is 7.43. The molecule has 0 spiro atoms. The zero-order chi connectivity index (χ0) is 17.5. The standard InChI is InChI=1S/C25H31N/c1-26-24-14-12-20(18-8-4-2-5-9-18)16-22(24)23-17-21(13-15-25(23)26)19-10-6-3-7-11-19/h12-19H,2-11H2,1H3. The van der Waals surface area contributed by atoms with E-state index in [4.69, 9.17) is 0 Å². The molecule has 1 aromatic heterocycles. The summed E-state index contributed by atoms with van der Waals surface area (Å²) in [5, 5.41) is 2.95. The molecule has 0 aliphatic heterocycles. The van der Waals surface area contributed by atoms with Crippen LogP contribution in [0.4, 0.5) is 0 Å². The highest BCUT2D eigenvalue weighted by atomic mass is 14.9. The van der Waals surface area contributed by atoms with E-state index in [0.29, 0.717) is 0 Å². The van der Waals surface area contributed by atoms with Crippen LogP contribution in [0.3, 0.4) is 0 Å². The Kier molecular flexibility index (Phi) is 4.27. The van der Waals surface area contributed by atoms with Gasteiger partial charge in [0.15, 0.2) is 0 Å². The molecule has 136 valence electrons. The third-order valence-corrected chi connectivity index (χ3v) is 7.21. The Morgan fingerprint density at radius 3 is 1.46 bits per heavy atom. The van der Waals surface area contributed by atoms with E-state index in [0.717, 1.165) is 11.8 Å². The Morgan fingerprint density at radius 2 is 1.04 bits per heavy atom. The maximum absolute atomic E-state index is 2.53. The van der Waals surface area contributed by atoms with Crippen molar-refractivity contribution in [2.45, 2.75) is 76.0 Å². The third kappa shape index (κ3) is 2.76. The quantitative estimate of drug-likeness (QED) is 0.455. The Morgan fingerprint density at radius 1 is 0.615 bits per heavy atom. The van der Waals surface area contributed by atoms with Gasteiger partial charge in [0.2, 0.25) is 0 Å². The smallest absolute Gasteiger partial charge is 0.0488 e. The van der Waals surface area contributed by atoms with Crippen LogP contribution in [0.2, 0.25) is 0 Å². The zero-order valence-electron chi connectivity index (χ0n) is 16.1. The van der Waals surface area contributed by atoms with E-state index in [-0.39, 0.29) is 0 Å². The van der Waals surface area contributed by atoms with Crippen LogP contribution < -0.4 is 0 Å². The molecule has 3 aromatic rings. The number of aryl methyl sites for hydroxylation is 1. The summed E-state index contributed by atoms with van der Waals surface area (Å²) >= 11 is 0. The molecule has 1 heteroatoms. The zero-order valence-corrected chi connectivity index (χ0v) is 16.1. The molecule has 1 heterocycles. The van der Waals surface area contributed by atoms with Crippen LogP contribution in [0.25, 0.3) is 21.8 Å². The van der Waals surface area contributed by atoms with Crippen molar-refractivity contribution in [3.63, 3.8) is 0 Å². The molecule has 0 radical (unpaired) electrons. The molecule has 1 nitrogen and oxygen atoms in total. The van der Waals surface area contributed by atoms with Crippen LogP contribution in [-0.4, -0.2) is 4.57 Å². The van der Waals surface area contributed by atoms with Crippen LogP contribution in [0.1, 0.15) is 87.2 Å². The molecule has 2 fully saturated rings. The minimum absolute atomic E-state index is 0.782. The van der Waals surface area contributed by atoms with Gasteiger partial charge in [-0.2, -0.15) is 0 Å². The van der Waals surface area contributed by atoms with Crippen LogP contribution in [0.5, 0.6) is 0 Å². The summed E-state index contributed by atoms with van der Waals surface area (Å²) in [5.41, 5.74) is 5.93. The number of nitrogens with zero attached hydrogens (tertiary/aromatic N) is 1. The van der Waals surface area contributed by atoms with Gasteiger partial charge in [0.25, 0.3) is 0 Å². The van der Waals surface area contributed by atoms with Gasteiger partial charge >= 0.3 is 0 Å². The van der Waals surface area contributed by atoms with Crippen LogP contribution >= 0.6 is 0 Å². The monoisotopic (exact) mass is 345 g/mol. The van der Waals surface area contributed by atoms with Crippen molar-refractivity contribution in [2.75, 3.05) is 0 Å². The minimum Gasteiger partial charge on any atom is -0.344 e. The first kappa shape index (κ1) is 16.4. The van der Waals surface area contributed by atoms with Crippen LogP contribution in [0, 0.1) is 0 Å². The topological polar surface area (TPSA) is 4.93 Å². The van der Waals surface area contributed by atoms with Crippen molar-refractivity contribution < 1.29 is 0 Å². The van der Waals surface area contributed by atoms with Gasteiger partial charge in [0, 0.05) is 28.9 Å². The molecule has 2 aliphatic rings. The van der Waals surface area contributed by atoms with Crippen molar-refractivity contribution in [2.24, 2.45) is 7.05 Å². The predicted molar refractivity (Wildman–Crippen MR) is 112 cm³/mol. The van der Waals surface area contributed by atoms with Gasteiger partial charge in [-0.05, 0) is 72.9 Å². The maximum Gasteiger partial charge on any atom is 0.0488 e. The van der Waals surface area contributed by atoms with E-state index in [1.165, 1.54) is 86.0 Å². The normalized spacial score (nSPS) is 20.2. The summed E-state index contributed by atoms with van der Waals surface area (Å²) in [6, 6.07) is 14.6. The number of fused-ring (bicyclic) bond motifs is 3. The van der Waals surface area contributed by atoms with Crippen molar-refractivity contribution in [1.82, 2.24) is 4.57 Å². The van der Waals surface area contributed by atoms with Crippen molar-refractivity contribution in [1.29, 1.82) is 0 Å². The molecule has 2 aliphatic carbocycles. The average Bonchev–Trinajstić information content (AvgIpc) is 3.01.